The number of carbonyl (C=O) groups is 1. The Kier molecular flexibility index (Phi) is 3.64. The van der Waals surface area contributed by atoms with Crippen molar-refractivity contribution in [1.29, 1.82) is 0 Å². The van der Waals surface area contributed by atoms with Gasteiger partial charge in [-0.25, -0.2) is 9.78 Å². The van der Waals surface area contributed by atoms with Crippen LogP contribution in [-0.2, 0) is 4.74 Å². The second kappa shape index (κ2) is 5.70. The van der Waals surface area contributed by atoms with Crippen LogP contribution in [0.5, 0.6) is 0 Å². The molecule has 4 rings (SSSR count). The van der Waals surface area contributed by atoms with Gasteiger partial charge in [0.2, 0.25) is 0 Å². The fourth-order valence-corrected chi connectivity index (χ4v) is 3.89. The zero-order valence-corrected chi connectivity index (χ0v) is 13.6. The molecule has 1 aliphatic heterocycles. The summed E-state index contributed by atoms with van der Waals surface area (Å²) >= 11 is 0. The molecule has 1 saturated heterocycles. The number of hydrogen-bond acceptors (Lipinski definition) is 5. The summed E-state index contributed by atoms with van der Waals surface area (Å²) in [4.78, 5) is 28.5. The van der Waals surface area contributed by atoms with Crippen molar-refractivity contribution in [2.45, 2.75) is 50.7 Å². The highest BCUT2D eigenvalue weighted by Gasteiger charge is 2.42. The fourth-order valence-electron chi connectivity index (χ4n) is 3.89. The van der Waals surface area contributed by atoms with Crippen LogP contribution in [0.2, 0.25) is 0 Å². The summed E-state index contributed by atoms with van der Waals surface area (Å²) in [5.41, 5.74) is 0.523. The molecule has 1 amide bonds. The number of nitrogens with one attached hydrogen (secondary N) is 1. The van der Waals surface area contributed by atoms with Crippen molar-refractivity contribution in [3.63, 3.8) is 0 Å². The molecule has 1 aromatic heterocycles. The van der Waals surface area contributed by atoms with Crippen molar-refractivity contribution in [2.24, 2.45) is 0 Å². The van der Waals surface area contributed by atoms with Gasteiger partial charge in [-0.3, -0.25) is 4.79 Å². The molecule has 1 spiro atoms. The maximum atomic E-state index is 12.5. The first-order valence-electron chi connectivity index (χ1n) is 8.41. The van der Waals surface area contributed by atoms with Gasteiger partial charge in [-0.05, 0) is 37.5 Å². The van der Waals surface area contributed by atoms with Gasteiger partial charge in [-0.15, -0.1) is 0 Å². The van der Waals surface area contributed by atoms with Crippen LogP contribution in [0, 0.1) is 6.92 Å². The Morgan fingerprint density at radius 2 is 2.12 bits per heavy atom. The molecule has 6 heteroatoms. The second-order valence-corrected chi connectivity index (χ2v) is 6.83. The predicted molar refractivity (Wildman–Crippen MR) is 88.0 cm³/mol. The third-order valence-electron chi connectivity index (χ3n) is 5.06. The van der Waals surface area contributed by atoms with Gasteiger partial charge >= 0.3 is 5.63 Å². The molecule has 1 N–H and O–H groups in total. The van der Waals surface area contributed by atoms with Crippen LogP contribution in [0.25, 0.3) is 10.9 Å². The van der Waals surface area contributed by atoms with Crippen LogP contribution >= 0.6 is 0 Å². The quantitative estimate of drug-likeness (QED) is 0.915. The van der Waals surface area contributed by atoms with Crippen molar-refractivity contribution < 1.29 is 13.9 Å². The van der Waals surface area contributed by atoms with E-state index in [2.05, 4.69) is 10.3 Å². The molecule has 1 saturated carbocycles. The number of rotatable bonds is 2. The Hall–Kier alpha value is -2.21. The highest BCUT2D eigenvalue weighted by atomic mass is 16.5. The molecule has 24 heavy (non-hydrogen) atoms. The van der Waals surface area contributed by atoms with Crippen LogP contribution in [0.1, 0.15) is 48.4 Å². The molecule has 2 aliphatic rings. The third-order valence-corrected chi connectivity index (χ3v) is 5.06. The molecule has 1 unspecified atom stereocenters. The topological polar surface area (TPSA) is 81.4 Å². The number of carbonyl (C=O) groups excluding carboxylic acids is 1. The summed E-state index contributed by atoms with van der Waals surface area (Å²) in [5.74, 6) is 0.130. The Balaban J connectivity index is 1.52. The lowest BCUT2D eigenvalue weighted by Gasteiger charge is -2.21. The number of nitrogens with zero attached hydrogens (tertiary/aromatic N) is 1. The predicted octanol–water partition coefficient (Wildman–Crippen LogP) is 2.33. The van der Waals surface area contributed by atoms with Gasteiger partial charge in [0.25, 0.3) is 5.91 Å². The van der Waals surface area contributed by atoms with Gasteiger partial charge < -0.3 is 14.5 Å². The number of aryl methyl sites for hydroxylation is 1. The average Bonchev–Trinajstić information content (AvgIpc) is 3.16. The van der Waals surface area contributed by atoms with E-state index in [1.807, 2.05) is 0 Å². The molecule has 0 radical (unpaired) electrons. The molecular formula is C18H20N2O4. The number of ether oxygens (including phenoxy) is 1. The van der Waals surface area contributed by atoms with Gasteiger partial charge in [0.1, 0.15) is 0 Å². The van der Waals surface area contributed by atoms with Gasteiger partial charge in [-0.1, -0.05) is 12.8 Å². The van der Waals surface area contributed by atoms with E-state index < -0.39 is 5.63 Å². The van der Waals surface area contributed by atoms with E-state index >= 15 is 0 Å². The molecule has 0 bridgehead atoms. The molecule has 6 nitrogen and oxygen atoms in total. The van der Waals surface area contributed by atoms with Gasteiger partial charge in [0.05, 0.1) is 29.2 Å². The molecular weight excluding hydrogens is 308 g/mol. The smallest absolute Gasteiger partial charge is 0.346 e. The average molecular weight is 328 g/mol. The normalized spacial score (nSPS) is 22.3. The van der Waals surface area contributed by atoms with E-state index in [-0.39, 0.29) is 23.4 Å². The van der Waals surface area contributed by atoms with Crippen LogP contribution in [0.3, 0.4) is 0 Å². The van der Waals surface area contributed by atoms with Crippen molar-refractivity contribution in [3.05, 3.63) is 40.1 Å². The summed E-state index contributed by atoms with van der Waals surface area (Å²) in [5, 5.41) is 3.43. The van der Waals surface area contributed by atoms with Crippen molar-refractivity contribution in [3.8, 4) is 0 Å². The highest BCUT2D eigenvalue weighted by molar-refractivity contribution is 5.97. The Bertz CT molecular complexity index is 852. The molecule has 1 aliphatic carbocycles. The summed E-state index contributed by atoms with van der Waals surface area (Å²) in [7, 11) is 0. The Morgan fingerprint density at radius 1 is 1.33 bits per heavy atom. The number of fused-ring (bicyclic) bond motifs is 1. The monoisotopic (exact) mass is 328 g/mol. The fraction of sp³-hybridized carbons (Fsp3) is 0.500. The maximum Gasteiger partial charge on any atom is 0.346 e. The van der Waals surface area contributed by atoms with E-state index in [1.165, 1.54) is 12.8 Å². The van der Waals surface area contributed by atoms with E-state index in [0.717, 1.165) is 19.3 Å². The van der Waals surface area contributed by atoms with E-state index in [4.69, 9.17) is 9.15 Å². The van der Waals surface area contributed by atoms with Crippen LogP contribution in [0.4, 0.5) is 0 Å². The van der Waals surface area contributed by atoms with Gasteiger partial charge in [0, 0.05) is 12.5 Å². The number of hydrogen-bond donors (Lipinski definition) is 1. The van der Waals surface area contributed by atoms with E-state index in [9.17, 15) is 9.59 Å². The SMILES string of the molecule is Cc1nc2cc(C(=O)NC3COC4(CCCC4)C3)ccc2c(=O)o1. The van der Waals surface area contributed by atoms with Gasteiger partial charge in [0.15, 0.2) is 5.89 Å². The minimum atomic E-state index is -0.433. The molecule has 1 aromatic carbocycles. The molecule has 1 atom stereocenters. The van der Waals surface area contributed by atoms with Crippen molar-refractivity contribution in [2.75, 3.05) is 6.61 Å². The maximum absolute atomic E-state index is 12.5. The van der Waals surface area contributed by atoms with Crippen LogP contribution < -0.4 is 10.9 Å². The lowest BCUT2D eigenvalue weighted by Crippen LogP contribution is -2.36. The van der Waals surface area contributed by atoms with E-state index in [0.29, 0.717) is 23.1 Å². The molecule has 126 valence electrons. The standard InChI is InChI=1S/C18H20N2O4/c1-11-19-15-8-12(4-5-14(15)17(22)24-11)16(21)20-13-9-18(23-10-13)6-2-3-7-18/h4-5,8,13H,2-3,6-7,9-10H2,1H3,(H,20,21). The van der Waals surface area contributed by atoms with Crippen LogP contribution in [0.15, 0.2) is 27.4 Å². The lowest BCUT2D eigenvalue weighted by molar-refractivity contribution is 0.00988. The summed E-state index contributed by atoms with van der Waals surface area (Å²) in [6.45, 7) is 2.19. The first-order chi connectivity index (χ1) is 11.5. The zero-order chi connectivity index (χ0) is 16.7. The first-order valence-corrected chi connectivity index (χ1v) is 8.41. The summed E-state index contributed by atoms with van der Waals surface area (Å²) < 4.78 is 10.9. The lowest BCUT2D eigenvalue weighted by atomic mass is 9.96. The zero-order valence-electron chi connectivity index (χ0n) is 13.6. The van der Waals surface area contributed by atoms with Crippen molar-refractivity contribution in [1.82, 2.24) is 10.3 Å². The minimum Gasteiger partial charge on any atom is -0.408 e. The summed E-state index contributed by atoms with van der Waals surface area (Å²) in [6, 6.07) is 4.90. The number of amides is 1. The van der Waals surface area contributed by atoms with E-state index in [1.54, 1.807) is 25.1 Å². The Morgan fingerprint density at radius 3 is 2.92 bits per heavy atom. The second-order valence-electron chi connectivity index (χ2n) is 6.83. The van der Waals surface area contributed by atoms with Crippen LogP contribution in [-0.4, -0.2) is 29.1 Å². The summed E-state index contributed by atoms with van der Waals surface area (Å²) in [6.07, 6.45) is 5.48. The largest absolute Gasteiger partial charge is 0.408 e. The van der Waals surface area contributed by atoms with Gasteiger partial charge in [-0.2, -0.15) is 0 Å². The number of benzene rings is 1. The number of aromatic nitrogens is 1. The minimum absolute atomic E-state index is 0.0149. The van der Waals surface area contributed by atoms with Crippen molar-refractivity contribution >= 4 is 16.8 Å². The first kappa shape index (κ1) is 15.3. The molecule has 2 heterocycles. The molecule has 2 fully saturated rings. The Labute approximate surface area is 139 Å². The third kappa shape index (κ3) is 2.71. The highest BCUT2D eigenvalue weighted by Crippen LogP contribution is 2.40. The molecule has 2 aromatic rings.